The van der Waals surface area contributed by atoms with E-state index in [0.29, 0.717) is 66.5 Å². The number of halogens is 6. The van der Waals surface area contributed by atoms with Gasteiger partial charge in [0.15, 0.2) is 11.6 Å². The van der Waals surface area contributed by atoms with E-state index in [1.54, 1.807) is 12.3 Å². The van der Waals surface area contributed by atoms with Crippen molar-refractivity contribution in [2.45, 2.75) is 108 Å². The van der Waals surface area contributed by atoms with Gasteiger partial charge in [-0.3, -0.25) is 19.5 Å². The number of anilines is 2. The second kappa shape index (κ2) is 35.6. The minimum atomic E-state index is -3.80. The number of nitrogens with zero attached hydrogens (tertiary/aromatic N) is 3. The van der Waals surface area contributed by atoms with Gasteiger partial charge in [0, 0.05) is 157 Å². The Labute approximate surface area is 615 Å². The Balaban J connectivity index is 0.000000139. The number of alkyl halides is 3. The molecule has 1 amide bonds. The van der Waals surface area contributed by atoms with Crippen LogP contribution in [0.5, 0.6) is 11.5 Å². The topological polar surface area (TPSA) is 230 Å². The number of carbonyl (C=O) groups is 3. The van der Waals surface area contributed by atoms with Crippen molar-refractivity contribution in [3.8, 4) is 22.8 Å². The smallest absolute Gasteiger partial charge is 0.487 e. The van der Waals surface area contributed by atoms with Crippen LogP contribution in [0.3, 0.4) is 0 Å². The molecule has 0 bridgehead atoms. The minimum Gasteiger partial charge on any atom is -0.489 e. The van der Waals surface area contributed by atoms with Crippen LogP contribution < -0.4 is 35.6 Å². The number of Topliss-reactive ketones (excluding diaryl/α,β-unsaturated/α-hetero) is 2. The van der Waals surface area contributed by atoms with Crippen molar-refractivity contribution in [3.63, 3.8) is 0 Å². The van der Waals surface area contributed by atoms with E-state index >= 15 is 0 Å². The number of aromatic amines is 4. The lowest BCUT2D eigenvalue weighted by Crippen LogP contribution is -2.40. The summed E-state index contributed by atoms with van der Waals surface area (Å²) in [5.41, 5.74) is 5.73. The van der Waals surface area contributed by atoms with Gasteiger partial charge in [-0.15, -0.1) is 8.78 Å². The predicted octanol–water partition coefficient (Wildman–Crippen LogP) is 17.4. The van der Waals surface area contributed by atoms with Crippen molar-refractivity contribution in [1.29, 1.82) is 0 Å². The summed E-state index contributed by atoms with van der Waals surface area (Å²) >= 11 is 20.2. The quantitative estimate of drug-likeness (QED) is 0.0228. The highest BCUT2D eigenvalue weighted by atomic mass is 79.9. The maximum Gasteiger partial charge on any atom is 0.487 e. The monoisotopic (exact) mass is 1510 g/mol. The van der Waals surface area contributed by atoms with E-state index in [2.05, 4.69) is 108 Å². The molecule has 3 aliphatic heterocycles. The highest BCUT2D eigenvalue weighted by Gasteiger charge is 2.30. The number of piperidine rings is 2. The number of hydrogen-bond acceptors (Lipinski definition) is 12. The number of aliphatic hydroxyl groups excluding tert-OH is 1. The summed E-state index contributed by atoms with van der Waals surface area (Å²) in [4.78, 5) is 54.9. The van der Waals surface area contributed by atoms with Gasteiger partial charge in [-0.05, 0) is 184 Å². The first-order chi connectivity index (χ1) is 49.2. The molecule has 534 valence electrons. The van der Waals surface area contributed by atoms with E-state index in [1.165, 1.54) is 41.6 Å². The van der Waals surface area contributed by atoms with Crippen LogP contribution in [-0.2, 0) is 12.8 Å². The van der Waals surface area contributed by atoms with E-state index < -0.39 is 11.7 Å². The molecule has 102 heavy (non-hydrogen) atoms. The van der Waals surface area contributed by atoms with Gasteiger partial charge in [-0.1, -0.05) is 115 Å². The summed E-state index contributed by atoms with van der Waals surface area (Å²) in [6.45, 7) is 10.9. The number of ketones is 2. The number of ether oxygens (including phenoxy) is 2. The fourth-order valence-electron chi connectivity index (χ4n) is 13.4. The van der Waals surface area contributed by atoms with Gasteiger partial charge >= 0.3 is 5.57 Å². The van der Waals surface area contributed by atoms with Gasteiger partial charge in [-0.2, -0.15) is 5.10 Å². The van der Waals surface area contributed by atoms with Crippen LogP contribution in [0.1, 0.15) is 108 Å². The first-order valence-corrected chi connectivity index (χ1v) is 36.5. The standard InChI is InChI=1S/C22H22BrClN2O.C22H23ClN2O.C21H20ClF2N5O2.C14H20N2O2/c23-16-3-6-21-19(12-16)20(13-26-21)22(27)11-15-7-8-25-18(10-15)9-14-1-4-17(24)5-2-14;23-17-7-5-15(6-8-17)11-18-12-16(9-10-24-18)13-22(26)20-14-25-21-4-2-1-3-19(20)21;1-13-7-9-29(12-13)19-17(18-6-8-26-28-18)10-14(11-25-19)20(30)27-15-2-4-16(5-3-15)31-21(22,23)24;1-10(2)16-8-12(17)9-18-13-5-3-4-11-6-7-15-14(11)13/h1-6,12-13,15,18,25-26H,7-11H2;1-8,14,16,18,24-25H,9-13H2;2-6,8,10-11,13H,7,9,12H2,1H3,(H,26,28)(H,27,30);3-7,10,12,15-17H,8-9H2,1-2H3/t15-,18+;16-,18+;13-;/m001./s1. The summed E-state index contributed by atoms with van der Waals surface area (Å²) in [7, 11) is 0. The molecule has 3 fully saturated rings. The van der Waals surface area contributed by atoms with Gasteiger partial charge in [0.2, 0.25) is 0 Å². The van der Waals surface area contributed by atoms with Gasteiger partial charge in [-0.25, -0.2) is 4.98 Å². The summed E-state index contributed by atoms with van der Waals surface area (Å²) in [5.74, 6) is 3.00. The Morgan fingerprint density at radius 1 is 0.745 bits per heavy atom. The summed E-state index contributed by atoms with van der Waals surface area (Å²) in [6.07, 6.45) is 16.7. The minimum absolute atomic E-state index is 0.120. The molecule has 0 aliphatic carbocycles. The molecule has 6 atom stereocenters. The van der Waals surface area contributed by atoms with Crippen LogP contribution in [0.4, 0.5) is 20.3 Å². The van der Waals surface area contributed by atoms with Crippen LogP contribution in [0.15, 0.2) is 187 Å². The number of para-hydroxylation sites is 2. The molecule has 3 saturated heterocycles. The van der Waals surface area contributed by atoms with Crippen LogP contribution in [-0.4, -0.2) is 122 Å². The molecule has 6 aromatic carbocycles. The van der Waals surface area contributed by atoms with E-state index in [4.69, 9.17) is 39.5 Å². The summed E-state index contributed by atoms with van der Waals surface area (Å²) < 4.78 is 36.3. The number of rotatable bonds is 22. The summed E-state index contributed by atoms with van der Waals surface area (Å²) in [6, 6.07) is 48.3. The average Bonchev–Trinajstić information content (AvgIpc) is 1.60. The molecule has 8 heterocycles. The largest absolute Gasteiger partial charge is 0.489 e. The fraction of sp³-hybridized carbons (Fsp3) is 0.329. The number of benzene rings is 6. The third-order valence-electron chi connectivity index (χ3n) is 18.5. The van der Waals surface area contributed by atoms with E-state index in [-0.39, 0.29) is 29.8 Å². The number of hydrogen-bond donors (Lipinski definition) is 9. The number of aromatic nitrogens is 6. The third kappa shape index (κ3) is 21.3. The zero-order valence-corrected chi connectivity index (χ0v) is 60.9. The van der Waals surface area contributed by atoms with E-state index in [9.17, 15) is 28.3 Å². The zero-order chi connectivity index (χ0) is 71.7. The number of carbonyl (C=O) groups excluding carboxylic acids is 3. The van der Waals surface area contributed by atoms with Gasteiger partial charge in [0.05, 0.1) is 16.8 Å². The highest BCUT2D eigenvalue weighted by molar-refractivity contribution is 9.10. The van der Waals surface area contributed by atoms with Crippen LogP contribution >= 0.6 is 50.7 Å². The summed E-state index contributed by atoms with van der Waals surface area (Å²) in [5, 5.41) is 34.5. The van der Waals surface area contributed by atoms with Crippen molar-refractivity contribution in [1.82, 2.24) is 46.1 Å². The lowest BCUT2D eigenvalue weighted by atomic mass is 9.85. The molecule has 23 heteroatoms. The van der Waals surface area contributed by atoms with Gasteiger partial charge < -0.3 is 55.7 Å². The number of aliphatic hydroxyl groups is 1. The molecule has 0 radical (unpaired) electrons. The second-order valence-electron chi connectivity index (χ2n) is 26.8. The number of H-pyrrole nitrogens is 4. The molecular weight excluding hydrogens is 1420 g/mol. The molecule has 9 N–H and O–H groups in total. The molecule has 5 aromatic heterocycles. The van der Waals surface area contributed by atoms with Crippen molar-refractivity contribution >= 4 is 112 Å². The Bertz CT molecular complexity index is 4530. The van der Waals surface area contributed by atoms with Crippen molar-refractivity contribution in [2.75, 3.05) is 49.5 Å². The van der Waals surface area contributed by atoms with Crippen LogP contribution in [0, 0.1) is 17.8 Å². The van der Waals surface area contributed by atoms with Crippen molar-refractivity contribution in [3.05, 3.63) is 225 Å². The maximum absolute atomic E-state index is 12.9. The number of nitrogens with one attached hydrogen (secondary N) is 8. The molecule has 0 saturated carbocycles. The molecule has 0 spiro atoms. The third-order valence-corrected chi connectivity index (χ3v) is 19.6. The Kier molecular flexibility index (Phi) is 26.1. The number of amides is 1. The Morgan fingerprint density at radius 3 is 1.99 bits per heavy atom. The molecule has 14 rings (SSSR count). The van der Waals surface area contributed by atoms with E-state index in [0.717, 1.165) is 152 Å². The fourth-order valence-corrected chi connectivity index (χ4v) is 14.1. The normalized spacial score (nSPS) is 17.8. The SMILES string of the molecule is CC(C)NCC(O)COc1cccc2cc[nH]c12.C[C@@H]1CCN(c2ncc(C(=O)Nc3ccc(OC(F)(F)Cl)cc3)cc2-c2ccn[nH]2)C1.O=C(C[C@H]1CCN[C@H](Cc2ccc(Cl)cc2)C1)c1c[nH]c2ccc(Br)cc12.O=C(C[C@H]1CCN[C@H](Cc2ccc(Cl)cc2)C1)c1c[nH]c2ccccc12. The molecule has 11 aromatic rings. The number of fused-ring (bicyclic) bond motifs is 3. The van der Waals surface area contributed by atoms with Crippen LogP contribution in [0.25, 0.3) is 44.0 Å². The molecule has 1 unspecified atom stereocenters. The first kappa shape index (κ1) is 74.7. The molecular formula is C79H85BrCl3F2N11O6. The van der Waals surface area contributed by atoms with Crippen molar-refractivity contribution < 1.29 is 37.7 Å². The second-order valence-corrected chi connectivity index (χ2v) is 29.0. The van der Waals surface area contributed by atoms with Gasteiger partial charge in [0.25, 0.3) is 5.91 Å². The predicted molar refractivity (Wildman–Crippen MR) is 408 cm³/mol. The maximum atomic E-state index is 12.9. The number of pyridine rings is 1. The van der Waals surface area contributed by atoms with Crippen molar-refractivity contribution in [2.24, 2.45) is 17.8 Å². The first-order valence-electron chi connectivity index (χ1n) is 34.6. The average molecular weight is 1510 g/mol. The highest BCUT2D eigenvalue weighted by Crippen LogP contribution is 2.35. The van der Waals surface area contributed by atoms with E-state index in [1.807, 2.05) is 129 Å². The Hall–Kier alpha value is -8.44. The lowest BCUT2D eigenvalue weighted by Gasteiger charge is -2.30. The molecule has 3 aliphatic rings. The van der Waals surface area contributed by atoms with Crippen LogP contribution in [0.2, 0.25) is 10.0 Å². The molecule has 17 nitrogen and oxygen atoms in total. The zero-order valence-electron chi connectivity index (χ0n) is 57.1. The van der Waals surface area contributed by atoms with Gasteiger partial charge in [0.1, 0.15) is 30.0 Å². The Morgan fingerprint density at radius 2 is 1.38 bits per heavy atom. The lowest BCUT2D eigenvalue weighted by molar-refractivity contribution is -0.0964.